The maximum atomic E-state index is 5.89. The highest BCUT2D eigenvalue weighted by Crippen LogP contribution is 2.25. The molecule has 112 valence electrons. The molecule has 2 aromatic rings. The number of rotatable bonds is 6. The Hall–Kier alpha value is -1.87. The molecule has 0 aliphatic heterocycles. The number of hydrogen-bond donors (Lipinski definition) is 1. The highest BCUT2D eigenvalue weighted by Gasteiger charge is 2.08. The van der Waals surface area contributed by atoms with Crippen molar-refractivity contribution < 1.29 is 4.74 Å². The zero-order chi connectivity index (χ0) is 15.2. The Balaban J connectivity index is 2.11. The molecule has 1 aromatic carbocycles. The zero-order valence-corrected chi connectivity index (χ0v) is 13.3. The molecule has 2 rings (SSSR count). The highest BCUT2D eigenvalue weighted by atomic mass is 16.5. The summed E-state index contributed by atoms with van der Waals surface area (Å²) < 4.78 is 5.89. The smallest absolute Gasteiger partial charge is 0.145 e. The van der Waals surface area contributed by atoms with Gasteiger partial charge >= 0.3 is 0 Å². The average Bonchev–Trinajstić information content (AvgIpc) is 2.50. The van der Waals surface area contributed by atoms with Crippen molar-refractivity contribution in [2.45, 2.75) is 39.2 Å². The van der Waals surface area contributed by atoms with E-state index in [0.29, 0.717) is 12.0 Å². The van der Waals surface area contributed by atoms with Crippen molar-refractivity contribution >= 4 is 0 Å². The minimum absolute atomic E-state index is 0.295. The number of benzene rings is 1. The van der Waals surface area contributed by atoms with Gasteiger partial charge in [-0.25, -0.2) is 0 Å². The van der Waals surface area contributed by atoms with E-state index in [2.05, 4.69) is 43.2 Å². The number of hydrogen-bond acceptors (Lipinski definition) is 3. The summed E-state index contributed by atoms with van der Waals surface area (Å²) in [7, 11) is 1.96. The fraction of sp³-hybridized carbons (Fsp3) is 0.389. The van der Waals surface area contributed by atoms with Gasteiger partial charge in [-0.1, -0.05) is 32.9 Å². The van der Waals surface area contributed by atoms with Gasteiger partial charge in [0.05, 0.1) is 11.9 Å². The van der Waals surface area contributed by atoms with Crippen LogP contribution in [-0.2, 0) is 0 Å². The van der Waals surface area contributed by atoms with E-state index in [1.165, 1.54) is 5.56 Å². The fourth-order valence-electron chi connectivity index (χ4n) is 2.29. The van der Waals surface area contributed by atoms with Crippen molar-refractivity contribution in [3.8, 4) is 11.5 Å². The Bertz CT molecular complexity index is 560. The van der Waals surface area contributed by atoms with Crippen molar-refractivity contribution in [1.29, 1.82) is 0 Å². The Morgan fingerprint density at radius 3 is 2.52 bits per heavy atom. The molecule has 0 bridgehead atoms. The Morgan fingerprint density at radius 1 is 1.14 bits per heavy atom. The molecular formula is C18H24N2O. The van der Waals surface area contributed by atoms with E-state index in [0.717, 1.165) is 23.6 Å². The van der Waals surface area contributed by atoms with E-state index < -0.39 is 0 Å². The largest absolute Gasteiger partial charge is 0.456 e. The third kappa shape index (κ3) is 4.05. The van der Waals surface area contributed by atoms with Crippen molar-refractivity contribution in [3.05, 3.63) is 53.9 Å². The number of aromatic nitrogens is 1. The maximum absolute atomic E-state index is 5.89. The van der Waals surface area contributed by atoms with Gasteiger partial charge in [0.2, 0.25) is 0 Å². The molecular weight excluding hydrogens is 260 g/mol. The normalized spacial score (nSPS) is 12.4. The molecule has 1 unspecified atom stereocenters. The van der Waals surface area contributed by atoms with Gasteiger partial charge in [0, 0.05) is 6.04 Å². The summed E-state index contributed by atoms with van der Waals surface area (Å²) in [5, 5.41) is 3.25. The fourth-order valence-corrected chi connectivity index (χ4v) is 2.29. The maximum Gasteiger partial charge on any atom is 0.145 e. The van der Waals surface area contributed by atoms with E-state index in [1.54, 1.807) is 6.20 Å². The first-order valence-corrected chi connectivity index (χ1v) is 7.55. The third-order valence-electron chi connectivity index (χ3n) is 3.63. The number of pyridine rings is 1. The molecule has 0 aliphatic rings. The minimum atomic E-state index is 0.295. The second kappa shape index (κ2) is 7.23. The van der Waals surface area contributed by atoms with Gasteiger partial charge in [-0.2, -0.15) is 0 Å². The van der Waals surface area contributed by atoms with Crippen LogP contribution in [0.5, 0.6) is 11.5 Å². The lowest BCUT2D eigenvalue weighted by Gasteiger charge is -2.14. The van der Waals surface area contributed by atoms with Crippen molar-refractivity contribution in [3.63, 3.8) is 0 Å². The molecule has 1 atom stereocenters. The summed E-state index contributed by atoms with van der Waals surface area (Å²) in [4.78, 5) is 4.49. The lowest BCUT2D eigenvalue weighted by Crippen LogP contribution is -2.16. The van der Waals surface area contributed by atoms with Crippen LogP contribution in [0.1, 0.15) is 50.4 Å². The van der Waals surface area contributed by atoms with Crippen molar-refractivity contribution in [2.24, 2.45) is 0 Å². The molecule has 3 heteroatoms. The van der Waals surface area contributed by atoms with Gasteiger partial charge < -0.3 is 10.1 Å². The van der Waals surface area contributed by atoms with Crippen LogP contribution in [0.25, 0.3) is 0 Å². The van der Waals surface area contributed by atoms with E-state index >= 15 is 0 Å². The zero-order valence-electron chi connectivity index (χ0n) is 13.3. The summed E-state index contributed by atoms with van der Waals surface area (Å²) in [6.07, 6.45) is 2.80. The molecule has 21 heavy (non-hydrogen) atoms. The van der Waals surface area contributed by atoms with Gasteiger partial charge in [0.1, 0.15) is 11.5 Å². The molecule has 0 aliphatic carbocycles. The number of nitrogens with one attached hydrogen (secondary N) is 1. The Morgan fingerprint density at radius 2 is 1.95 bits per heavy atom. The Kier molecular flexibility index (Phi) is 5.34. The van der Waals surface area contributed by atoms with E-state index in [-0.39, 0.29) is 0 Å². The summed E-state index contributed by atoms with van der Waals surface area (Å²) in [6, 6.07) is 12.5. The van der Waals surface area contributed by atoms with Crippen LogP contribution in [0.4, 0.5) is 0 Å². The van der Waals surface area contributed by atoms with Crippen LogP contribution in [0.2, 0.25) is 0 Å². The van der Waals surface area contributed by atoms with Crippen molar-refractivity contribution in [2.75, 3.05) is 7.05 Å². The summed E-state index contributed by atoms with van der Waals surface area (Å²) in [5.41, 5.74) is 2.32. The van der Waals surface area contributed by atoms with Gasteiger partial charge in [0.25, 0.3) is 0 Å². The standard InChI is InChI=1S/C18H24N2O/c1-5-17(19-4)18-10-9-16(12-20-18)21-15-8-6-7-14(11-15)13(2)3/h6-13,17,19H,5H2,1-4H3. The predicted octanol–water partition coefficient (Wildman–Crippen LogP) is 4.67. The number of nitrogens with zero attached hydrogens (tertiary/aromatic N) is 1. The molecule has 0 saturated carbocycles. The van der Waals surface area contributed by atoms with Gasteiger partial charge in [-0.3, -0.25) is 4.98 Å². The second-order valence-electron chi connectivity index (χ2n) is 5.50. The first kappa shape index (κ1) is 15.5. The van der Waals surface area contributed by atoms with Crippen LogP contribution in [0.15, 0.2) is 42.6 Å². The summed E-state index contributed by atoms with van der Waals surface area (Å²) in [5.74, 6) is 2.12. The van der Waals surface area contributed by atoms with E-state index in [4.69, 9.17) is 4.74 Å². The quantitative estimate of drug-likeness (QED) is 0.837. The average molecular weight is 284 g/mol. The van der Waals surface area contributed by atoms with Gasteiger partial charge in [-0.05, 0) is 49.2 Å². The summed E-state index contributed by atoms with van der Waals surface area (Å²) >= 11 is 0. The van der Waals surface area contributed by atoms with Gasteiger partial charge in [-0.15, -0.1) is 0 Å². The van der Waals surface area contributed by atoms with Crippen LogP contribution >= 0.6 is 0 Å². The molecule has 0 amide bonds. The van der Waals surface area contributed by atoms with Crippen molar-refractivity contribution in [1.82, 2.24) is 10.3 Å². The lowest BCUT2D eigenvalue weighted by atomic mass is 10.0. The highest BCUT2D eigenvalue weighted by molar-refractivity contribution is 5.34. The van der Waals surface area contributed by atoms with Crippen LogP contribution in [0.3, 0.4) is 0 Å². The first-order valence-electron chi connectivity index (χ1n) is 7.55. The summed E-state index contributed by atoms with van der Waals surface area (Å²) in [6.45, 7) is 6.50. The topological polar surface area (TPSA) is 34.1 Å². The molecule has 0 radical (unpaired) electrons. The molecule has 0 spiro atoms. The number of ether oxygens (including phenoxy) is 1. The SMILES string of the molecule is CCC(NC)c1ccc(Oc2cccc(C(C)C)c2)cn1. The molecule has 3 nitrogen and oxygen atoms in total. The van der Waals surface area contributed by atoms with Crippen LogP contribution < -0.4 is 10.1 Å². The Labute approximate surface area is 127 Å². The van der Waals surface area contributed by atoms with Gasteiger partial charge in [0.15, 0.2) is 0 Å². The minimum Gasteiger partial charge on any atom is -0.456 e. The predicted molar refractivity (Wildman–Crippen MR) is 86.9 cm³/mol. The second-order valence-corrected chi connectivity index (χ2v) is 5.50. The van der Waals surface area contributed by atoms with Crippen LogP contribution in [0, 0.1) is 0 Å². The molecule has 1 heterocycles. The lowest BCUT2D eigenvalue weighted by molar-refractivity contribution is 0.476. The van der Waals surface area contributed by atoms with E-state index in [9.17, 15) is 0 Å². The van der Waals surface area contributed by atoms with Crippen LogP contribution in [-0.4, -0.2) is 12.0 Å². The van der Waals surface area contributed by atoms with E-state index in [1.807, 2.05) is 31.3 Å². The molecule has 0 saturated heterocycles. The monoisotopic (exact) mass is 284 g/mol. The molecule has 1 N–H and O–H groups in total. The molecule has 0 fully saturated rings. The first-order chi connectivity index (χ1) is 10.1. The molecule has 1 aromatic heterocycles. The third-order valence-corrected chi connectivity index (χ3v) is 3.63.